The molecule has 3 amide bonds. The molecular formula is C24H32N6O4. The van der Waals surface area contributed by atoms with E-state index in [9.17, 15) is 14.7 Å². The molecule has 0 radical (unpaired) electrons. The number of carbonyl (C=O) groups excluding carboxylic acids is 2. The van der Waals surface area contributed by atoms with Gasteiger partial charge in [0, 0.05) is 36.4 Å². The van der Waals surface area contributed by atoms with Crippen molar-refractivity contribution >= 4 is 23.4 Å². The molecule has 0 spiro atoms. The third kappa shape index (κ3) is 5.13. The summed E-state index contributed by atoms with van der Waals surface area (Å²) in [4.78, 5) is 37.9. The fourth-order valence-electron chi connectivity index (χ4n) is 4.31. The molecule has 1 saturated heterocycles. The number of amides is 3. The number of hydrogen-bond donors (Lipinski definition) is 3. The largest absolute Gasteiger partial charge is 0.384 e. The molecular weight excluding hydrogens is 436 g/mol. The summed E-state index contributed by atoms with van der Waals surface area (Å²) in [5, 5.41) is 15.3. The lowest BCUT2D eigenvalue weighted by molar-refractivity contribution is -0.140. The average molecular weight is 469 g/mol. The second-order valence-corrected chi connectivity index (χ2v) is 8.66. The number of carbonyl (C=O) groups is 2. The second kappa shape index (κ2) is 10.4. The molecule has 1 fully saturated rings. The van der Waals surface area contributed by atoms with Crippen molar-refractivity contribution < 1.29 is 19.4 Å². The molecule has 10 heteroatoms. The number of aliphatic hydroxyl groups excluding tert-OH is 1. The summed E-state index contributed by atoms with van der Waals surface area (Å²) in [5.41, 5.74) is 3.32. The van der Waals surface area contributed by atoms with Gasteiger partial charge in [-0.25, -0.2) is 14.8 Å². The monoisotopic (exact) mass is 468 g/mol. The zero-order chi connectivity index (χ0) is 24.2. The molecule has 0 saturated carbocycles. The maximum absolute atomic E-state index is 12.4. The van der Waals surface area contributed by atoms with E-state index in [-0.39, 0.29) is 18.0 Å². The lowest BCUT2D eigenvalue weighted by atomic mass is 10.0. The topological polar surface area (TPSA) is 120 Å². The zero-order valence-corrected chi connectivity index (χ0v) is 19.9. The highest BCUT2D eigenvalue weighted by Gasteiger charge is 2.31. The normalized spacial score (nSPS) is 18.8. The zero-order valence-electron chi connectivity index (χ0n) is 19.9. The van der Waals surface area contributed by atoms with E-state index in [0.717, 1.165) is 29.2 Å². The van der Waals surface area contributed by atoms with Gasteiger partial charge < -0.3 is 30.3 Å². The predicted molar refractivity (Wildman–Crippen MR) is 129 cm³/mol. The fraction of sp³-hybridized carbons (Fsp3) is 0.500. The van der Waals surface area contributed by atoms with E-state index in [1.807, 2.05) is 31.2 Å². The minimum absolute atomic E-state index is 0.168. The minimum atomic E-state index is -1.05. The van der Waals surface area contributed by atoms with Crippen LogP contribution in [0.15, 0.2) is 24.3 Å². The van der Waals surface area contributed by atoms with Crippen LogP contribution < -0.4 is 15.5 Å². The quantitative estimate of drug-likeness (QED) is 0.612. The van der Waals surface area contributed by atoms with Crippen LogP contribution in [-0.2, 0) is 22.5 Å². The van der Waals surface area contributed by atoms with Gasteiger partial charge in [0.05, 0.1) is 31.5 Å². The van der Waals surface area contributed by atoms with Crippen LogP contribution in [0.2, 0.25) is 0 Å². The first-order valence-electron chi connectivity index (χ1n) is 11.7. The van der Waals surface area contributed by atoms with Crippen LogP contribution in [-0.4, -0.2) is 76.9 Å². The number of nitrogens with zero attached hydrogens (tertiary/aromatic N) is 4. The summed E-state index contributed by atoms with van der Waals surface area (Å²) >= 11 is 0. The molecule has 0 bridgehead atoms. The van der Waals surface area contributed by atoms with Gasteiger partial charge in [-0.1, -0.05) is 0 Å². The van der Waals surface area contributed by atoms with Crippen molar-refractivity contribution in [2.45, 2.75) is 45.9 Å². The maximum atomic E-state index is 12.4. The molecule has 4 rings (SSSR count). The lowest BCUT2D eigenvalue weighted by Crippen LogP contribution is -2.46. The van der Waals surface area contributed by atoms with Crippen LogP contribution in [0.1, 0.15) is 32.0 Å². The van der Waals surface area contributed by atoms with Crippen molar-refractivity contribution in [3.8, 4) is 11.4 Å². The number of ether oxygens (including phenoxy) is 1. The molecule has 2 aromatic rings. The molecule has 2 atom stereocenters. The second-order valence-electron chi connectivity index (χ2n) is 8.66. The van der Waals surface area contributed by atoms with Crippen LogP contribution in [0.4, 0.5) is 16.3 Å². The Balaban J connectivity index is 1.69. The standard InChI is InChI=1S/C24H32N6O4/c1-4-25-24(33)26-18-7-5-17(6-8-18)21-27-20-13-29(23(32)16(3)31)10-9-19(20)22(28-21)30-11-12-34-14-15(30)2/h5-8,15-16,31H,4,9-14H2,1-3H3,(H2,25,26,33)/t15-,16-/m0/s1. The Hall–Kier alpha value is -3.24. The fourth-order valence-corrected chi connectivity index (χ4v) is 4.31. The Kier molecular flexibility index (Phi) is 7.28. The molecule has 3 N–H and O–H groups in total. The first kappa shape index (κ1) is 23.9. The molecule has 2 aliphatic rings. The summed E-state index contributed by atoms with van der Waals surface area (Å²) < 4.78 is 5.62. The van der Waals surface area contributed by atoms with Crippen LogP contribution in [0.3, 0.4) is 0 Å². The number of rotatable bonds is 5. The molecule has 0 aliphatic carbocycles. The molecule has 2 aliphatic heterocycles. The van der Waals surface area contributed by atoms with Crippen molar-refractivity contribution in [3.63, 3.8) is 0 Å². The highest BCUT2D eigenvalue weighted by Crippen LogP contribution is 2.32. The summed E-state index contributed by atoms with van der Waals surface area (Å²) in [6.07, 6.45) is -0.422. The number of anilines is 2. The molecule has 1 aromatic carbocycles. The lowest BCUT2D eigenvalue weighted by Gasteiger charge is -2.38. The number of aromatic nitrogens is 2. The van der Waals surface area contributed by atoms with Crippen molar-refractivity contribution in [2.75, 3.05) is 43.1 Å². The van der Waals surface area contributed by atoms with Gasteiger partial charge >= 0.3 is 6.03 Å². The SMILES string of the molecule is CCNC(=O)Nc1ccc(-c2nc3c(c(N4CCOC[C@@H]4C)n2)CCN(C(=O)[C@H](C)O)C3)cc1. The first-order chi connectivity index (χ1) is 16.4. The van der Waals surface area contributed by atoms with E-state index in [4.69, 9.17) is 14.7 Å². The van der Waals surface area contributed by atoms with E-state index in [1.165, 1.54) is 6.92 Å². The number of benzene rings is 1. The number of fused-ring (bicyclic) bond motifs is 1. The molecule has 1 aromatic heterocycles. The summed E-state index contributed by atoms with van der Waals surface area (Å²) in [6.45, 7) is 8.84. The van der Waals surface area contributed by atoms with Gasteiger partial charge in [0.1, 0.15) is 11.9 Å². The smallest absolute Gasteiger partial charge is 0.319 e. The molecule has 34 heavy (non-hydrogen) atoms. The van der Waals surface area contributed by atoms with E-state index in [2.05, 4.69) is 22.5 Å². The predicted octanol–water partition coefficient (Wildman–Crippen LogP) is 1.78. The molecule has 10 nitrogen and oxygen atoms in total. The number of aliphatic hydroxyl groups is 1. The number of urea groups is 1. The van der Waals surface area contributed by atoms with E-state index in [0.29, 0.717) is 50.8 Å². The van der Waals surface area contributed by atoms with E-state index in [1.54, 1.807) is 4.90 Å². The Labute approximate surface area is 199 Å². The van der Waals surface area contributed by atoms with Crippen molar-refractivity contribution in [1.82, 2.24) is 20.2 Å². The third-order valence-electron chi connectivity index (χ3n) is 6.09. The number of hydrogen-bond acceptors (Lipinski definition) is 7. The van der Waals surface area contributed by atoms with Crippen LogP contribution in [0.5, 0.6) is 0 Å². The molecule has 182 valence electrons. The molecule has 3 heterocycles. The maximum Gasteiger partial charge on any atom is 0.319 e. The van der Waals surface area contributed by atoms with Crippen LogP contribution >= 0.6 is 0 Å². The van der Waals surface area contributed by atoms with E-state index < -0.39 is 6.10 Å². The van der Waals surface area contributed by atoms with Gasteiger partial charge in [-0.15, -0.1) is 0 Å². The van der Waals surface area contributed by atoms with Crippen molar-refractivity contribution in [2.24, 2.45) is 0 Å². The van der Waals surface area contributed by atoms with Gasteiger partial charge in [-0.3, -0.25) is 4.79 Å². The summed E-state index contributed by atoms with van der Waals surface area (Å²) in [5.74, 6) is 1.14. The number of morpholine rings is 1. The van der Waals surface area contributed by atoms with E-state index >= 15 is 0 Å². The van der Waals surface area contributed by atoms with Gasteiger partial charge in [-0.2, -0.15) is 0 Å². The Morgan fingerprint density at radius 1 is 1.24 bits per heavy atom. The van der Waals surface area contributed by atoms with Crippen molar-refractivity contribution in [3.05, 3.63) is 35.5 Å². The van der Waals surface area contributed by atoms with Gasteiger partial charge in [0.2, 0.25) is 0 Å². The highest BCUT2D eigenvalue weighted by molar-refractivity contribution is 5.89. The van der Waals surface area contributed by atoms with Crippen LogP contribution in [0.25, 0.3) is 11.4 Å². The average Bonchev–Trinajstić information content (AvgIpc) is 2.83. The highest BCUT2D eigenvalue weighted by atomic mass is 16.5. The minimum Gasteiger partial charge on any atom is -0.384 e. The summed E-state index contributed by atoms with van der Waals surface area (Å²) in [6, 6.07) is 7.28. The first-order valence-corrected chi connectivity index (χ1v) is 11.7. The third-order valence-corrected chi connectivity index (χ3v) is 6.09. The Bertz CT molecular complexity index is 1040. The summed E-state index contributed by atoms with van der Waals surface area (Å²) in [7, 11) is 0. The Morgan fingerprint density at radius 2 is 2.00 bits per heavy atom. The van der Waals surface area contributed by atoms with Crippen molar-refractivity contribution in [1.29, 1.82) is 0 Å². The molecule has 0 unspecified atom stereocenters. The van der Waals surface area contributed by atoms with Gasteiger partial charge in [0.15, 0.2) is 5.82 Å². The number of nitrogens with one attached hydrogen (secondary N) is 2. The Morgan fingerprint density at radius 3 is 2.68 bits per heavy atom. The van der Waals surface area contributed by atoms with Crippen LogP contribution in [0, 0.1) is 0 Å². The van der Waals surface area contributed by atoms with Gasteiger partial charge in [-0.05, 0) is 51.5 Å². The van der Waals surface area contributed by atoms with Gasteiger partial charge in [0.25, 0.3) is 5.91 Å².